The average Bonchev–Trinajstić information content (AvgIpc) is 2.71. The molecular weight excluding hydrogens is 238 g/mol. The Morgan fingerprint density at radius 1 is 1.53 bits per heavy atom. The van der Waals surface area contributed by atoms with Gasteiger partial charge >= 0.3 is 5.97 Å². The summed E-state index contributed by atoms with van der Waals surface area (Å²) in [6.45, 7) is 1.98. The molecule has 0 radical (unpaired) electrons. The number of hydrogen-bond acceptors (Lipinski definition) is 5. The number of benzene rings is 1. The molecule has 0 aliphatic rings. The maximum Gasteiger partial charge on any atom is 0.335 e. The molecule has 1 aromatic carbocycles. The van der Waals surface area contributed by atoms with Crippen molar-refractivity contribution in [2.75, 3.05) is 6.61 Å². The fourth-order valence-corrected chi connectivity index (χ4v) is 2.50. The molecule has 0 aliphatic heterocycles. The molecule has 1 aromatic heterocycles. The van der Waals surface area contributed by atoms with Crippen LogP contribution in [-0.4, -0.2) is 28.8 Å². The second kappa shape index (κ2) is 5.25. The molecule has 2 aromatic rings. The summed E-state index contributed by atoms with van der Waals surface area (Å²) >= 11 is 1.48. The van der Waals surface area contributed by atoms with Crippen molar-refractivity contribution in [1.29, 1.82) is 0 Å². The van der Waals surface area contributed by atoms with Crippen LogP contribution in [0, 0.1) is 0 Å². The molecule has 4 nitrogen and oxygen atoms in total. The predicted octanol–water partition coefficient (Wildman–Crippen LogP) is 1.76. The number of aliphatic hydroxyl groups excluding tert-OH is 1. The molecule has 17 heavy (non-hydrogen) atoms. The van der Waals surface area contributed by atoms with Gasteiger partial charge in [-0.1, -0.05) is 12.1 Å². The summed E-state index contributed by atoms with van der Waals surface area (Å²) in [5.74, 6) is -0.591. The number of esters is 1. The Kier molecular flexibility index (Phi) is 3.71. The van der Waals surface area contributed by atoms with Crippen LogP contribution >= 0.6 is 11.3 Å². The number of carbonyl (C=O) groups excluding carboxylic acids is 1. The summed E-state index contributed by atoms with van der Waals surface area (Å²) in [7, 11) is 0. The van der Waals surface area contributed by atoms with Gasteiger partial charge in [0, 0.05) is 6.42 Å². The van der Waals surface area contributed by atoms with E-state index in [0.29, 0.717) is 0 Å². The monoisotopic (exact) mass is 251 g/mol. The molecule has 0 spiro atoms. The minimum atomic E-state index is -1.13. The van der Waals surface area contributed by atoms with Gasteiger partial charge in [-0.15, -0.1) is 11.3 Å². The Morgan fingerprint density at radius 3 is 3.00 bits per heavy atom. The summed E-state index contributed by atoms with van der Waals surface area (Å²) in [6.07, 6.45) is -0.923. The van der Waals surface area contributed by atoms with Crippen molar-refractivity contribution in [1.82, 2.24) is 4.98 Å². The van der Waals surface area contributed by atoms with E-state index in [1.54, 1.807) is 6.92 Å². The van der Waals surface area contributed by atoms with Crippen molar-refractivity contribution in [3.05, 3.63) is 29.3 Å². The van der Waals surface area contributed by atoms with E-state index in [1.165, 1.54) is 11.3 Å². The van der Waals surface area contributed by atoms with Crippen molar-refractivity contribution in [2.45, 2.75) is 19.4 Å². The van der Waals surface area contributed by atoms with Crippen molar-refractivity contribution in [3.8, 4) is 0 Å². The van der Waals surface area contributed by atoms with E-state index in [-0.39, 0.29) is 13.0 Å². The molecule has 2 rings (SSSR count). The number of hydrogen-bond donors (Lipinski definition) is 1. The lowest BCUT2D eigenvalue weighted by Gasteiger charge is -2.06. The lowest BCUT2D eigenvalue weighted by molar-refractivity contribution is -0.152. The van der Waals surface area contributed by atoms with Gasteiger partial charge in [-0.05, 0) is 19.1 Å². The first-order chi connectivity index (χ1) is 8.20. The summed E-state index contributed by atoms with van der Waals surface area (Å²) in [5.41, 5.74) is 0.892. The Labute approximate surface area is 103 Å². The smallest absolute Gasteiger partial charge is 0.335 e. The Morgan fingerprint density at radius 2 is 2.29 bits per heavy atom. The zero-order valence-electron chi connectivity index (χ0n) is 9.42. The van der Waals surface area contributed by atoms with Gasteiger partial charge in [-0.25, -0.2) is 9.78 Å². The zero-order chi connectivity index (χ0) is 12.3. The van der Waals surface area contributed by atoms with E-state index in [0.717, 1.165) is 15.2 Å². The maximum atomic E-state index is 11.3. The number of aromatic nitrogens is 1. The van der Waals surface area contributed by atoms with E-state index in [2.05, 4.69) is 4.98 Å². The first-order valence-electron chi connectivity index (χ1n) is 5.40. The number of fused-ring (bicyclic) bond motifs is 1. The number of carbonyl (C=O) groups is 1. The summed E-state index contributed by atoms with van der Waals surface area (Å²) in [4.78, 5) is 15.6. The van der Waals surface area contributed by atoms with Crippen LogP contribution in [0.1, 0.15) is 11.9 Å². The van der Waals surface area contributed by atoms with Gasteiger partial charge in [0.2, 0.25) is 0 Å². The number of para-hydroxylation sites is 1. The van der Waals surface area contributed by atoms with Crippen LogP contribution in [0.3, 0.4) is 0 Å². The molecule has 0 aliphatic carbocycles. The lowest BCUT2D eigenvalue weighted by atomic mass is 10.2. The number of thiazole rings is 1. The Hall–Kier alpha value is -1.46. The van der Waals surface area contributed by atoms with Crippen LogP contribution in [0.2, 0.25) is 0 Å². The highest BCUT2D eigenvalue weighted by Gasteiger charge is 2.18. The fourth-order valence-electron chi connectivity index (χ4n) is 1.49. The standard InChI is InChI=1S/C12H13NO3S/c1-2-16-12(15)9(14)7-11-13-8-5-3-4-6-10(8)17-11/h3-6,9,14H,2,7H2,1H3. The first kappa shape index (κ1) is 12.0. The molecule has 1 N–H and O–H groups in total. The van der Waals surface area contributed by atoms with Crippen molar-refractivity contribution in [2.24, 2.45) is 0 Å². The molecule has 1 atom stereocenters. The minimum absolute atomic E-state index is 0.207. The second-order valence-corrected chi connectivity index (χ2v) is 4.66. The number of aliphatic hydroxyl groups is 1. The lowest BCUT2D eigenvalue weighted by Crippen LogP contribution is -2.25. The van der Waals surface area contributed by atoms with E-state index in [1.807, 2.05) is 24.3 Å². The second-order valence-electron chi connectivity index (χ2n) is 3.55. The largest absolute Gasteiger partial charge is 0.464 e. The number of rotatable bonds is 4. The third-order valence-corrected chi connectivity index (χ3v) is 3.32. The molecule has 5 heteroatoms. The van der Waals surface area contributed by atoms with Gasteiger partial charge in [-0.3, -0.25) is 0 Å². The fraction of sp³-hybridized carbons (Fsp3) is 0.333. The summed E-state index contributed by atoms with van der Waals surface area (Å²) < 4.78 is 5.79. The van der Waals surface area contributed by atoms with Crippen molar-refractivity contribution in [3.63, 3.8) is 0 Å². The van der Waals surface area contributed by atoms with Gasteiger partial charge in [0.25, 0.3) is 0 Å². The SMILES string of the molecule is CCOC(=O)C(O)Cc1nc2ccccc2s1. The third-order valence-electron chi connectivity index (χ3n) is 2.26. The number of ether oxygens (including phenoxy) is 1. The number of nitrogens with zero attached hydrogens (tertiary/aromatic N) is 1. The van der Waals surface area contributed by atoms with Crippen LogP contribution in [0.5, 0.6) is 0 Å². The van der Waals surface area contributed by atoms with Gasteiger partial charge in [-0.2, -0.15) is 0 Å². The van der Waals surface area contributed by atoms with Crippen molar-refractivity contribution < 1.29 is 14.6 Å². The molecule has 0 fully saturated rings. The molecular formula is C12H13NO3S. The maximum absolute atomic E-state index is 11.3. The molecule has 1 unspecified atom stereocenters. The summed E-state index contributed by atoms with van der Waals surface area (Å²) in [6, 6.07) is 7.72. The Bertz CT molecular complexity index is 490. The van der Waals surface area contributed by atoms with Gasteiger partial charge < -0.3 is 9.84 Å². The van der Waals surface area contributed by atoms with Gasteiger partial charge in [0.1, 0.15) is 0 Å². The van der Waals surface area contributed by atoms with Crippen LogP contribution in [0.15, 0.2) is 24.3 Å². The van der Waals surface area contributed by atoms with Crippen LogP contribution in [-0.2, 0) is 16.0 Å². The van der Waals surface area contributed by atoms with Gasteiger partial charge in [0.05, 0.1) is 21.8 Å². The molecule has 0 saturated carbocycles. The Balaban J connectivity index is 2.10. The molecule has 1 heterocycles. The topological polar surface area (TPSA) is 59.4 Å². The van der Waals surface area contributed by atoms with Crippen LogP contribution in [0.25, 0.3) is 10.2 Å². The highest BCUT2D eigenvalue weighted by molar-refractivity contribution is 7.18. The third kappa shape index (κ3) is 2.81. The quantitative estimate of drug-likeness (QED) is 0.841. The van der Waals surface area contributed by atoms with E-state index in [4.69, 9.17) is 4.74 Å². The molecule has 0 bridgehead atoms. The minimum Gasteiger partial charge on any atom is -0.464 e. The normalized spacial score (nSPS) is 12.6. The predicted molar refractivity (Wildman–Crippen MR) is 66.0 cm³/mol. The van der Waals surface area contributed by atoms with Gasteiger partial charge in [0.15, 0.2) is 6.10 Å². The van der Waals surface area contributed by atoms with E-state index in [9.17, 15) is 9.90 Å². The summed E-state index contributed by atoms with van der Waals surface area (Å²) in [5, 5.41) is 10.4. The molecule has 0 saturated heterocycles. The first-order valence-corrected chi connectivity index (χ1v) is 6.21. The van der Waals surface area contributed by atoms with Crippen molar-refractivity contribution >= 4 is 27.5 Å². The highest BCUT2D eigenvalue weighted by atomic mass is 32.1. The molecule has 0 amide bonds. The van der Waals surface area contributed by atoms with E-state index >= 15 is 0 Å². The highest BCUT2D eigenvalue weighted by Crippen LogP contribution is 2.22. The van der Waals surface area contributed by atoms with Crippen LogP contribution < -0.4 is 0 Å². The zero-order valence-corrected chi connectivity index (χ0v) is 10.2. The molecule has 90 valence electrons. The average molecular weight is 251 g/mol. The van der Waals surface area contributed by atoms with Crippen LogP contribution in [0.4, 0.5) is 0 Å². The van der Waals surface area contributed by atoms with E-state index < -0.39 is 12.1 Å².